The summed E-state index contributed by atoms with van der Waals surface area (Å²) in [5, 5.41) is 8.53. The zero-order chi connectivity index (χ0) is 30.1. The van der Waals surface area contributed by atoms with E-state index in [0.29, 0.717) is 42.0 Å². The van der Waals surface area contributed by atoms with Gasteiger partial charge in [0.1, 0.15) is 29.0 Å². The number of amides is 2. The van der Waals surface area contributed by atoms with Crippen molar-refractivity contribution in [1.29, 1.82) is 0 Å². The van der Waals surface area contributed by atoms with E-state index in [1.807, 2.05) is 17.0 Å². The van der Waals surface area contributed by atoms with Crippen molar-refractivity contribution in [2.24, 2.45) is 0 Å². The molecule has 0 aliphatic carbocycles. The molecule has 0 radical (unpaired) electrons. The quantitative estimate of drug-likeness (QED) is 0.238. The second-order valence-electron chi connectivity index (χ2n) is 10.6. The van der Waals surface area contributed by atoms with Crippen molar-refractivity contribution in [3.63, 3.8) is 0 Å². The highest BCUT2D eigenvalue weighted by molar-refractivity contribution is 6.01. The summed E-state index contributed by atoms with van der Waals surface area (Å²) in [6.45, 7) is 2.89. The van der Waals surface area contributed by atoms with E-state index in [9.17, 15) is 18.4 Å². The van der Waals surface area contributed by atoms with Gasteiger partial charge in [0.15, 0.2) is 0 Å². The topological polar surface area (TPSA) is 128 Å². The van der Waals surface area contributed by atoms with E-state index in [4.69, 9.17) is 4.74 Å². The van der Waals surface area contributed by atoms with E-state index >= 15 is 0 Å². The van der Waals surface area contributed by atoms with Crippen LogP contribution < -0.4 is 25.6 Å². The van der Waals surface area contributed by atoms with Gasteiger partial charge in [-0.1, -0.05) is 0 Å². The molecule has 224 valence electrons. The molecule has 13 heteroatoms. The van der Waals surface area contributed by atoms with Crippen molar-refractivity contribution in [1.82, 2.24) is 25.2 Å². The lowest BCUT2D eigenvalue weighted by atomic mass is 10.00. The average Bonchev–Trinajstić information content (AvgIpc) is 3.68. The molecule has 11 nitrogen and oxygen atoms in total. The van der Waals surface area contributed by atoms with E-state index in [0.717, 1.165) is 56.1 Å². The number of aromatic amines is 1. The van der Waals surface area contributed by atoms with Gasteiger partial charge in [0, 0.05) is 31.5 Å². The first-order valence-corrected chi connectivity index (χ1v) is 14.2. The van der Waals surface area contributed by atoms with Gasteiger partial charge in [-0.3, -0.25) is 14.5 Å². The smallest absolute Gasteiger partial charge is 0.256 e. The third-order valence-corrected chi connectivity index (χ3v) is 7.81. The molecule has 0 bridgehead atoms. The fourth-order valence-corrected chi connectivity index (χ4v) is 5.73. The van der Waals surface area contributed by atoms with Crippen molar-refractivity contribution in [3.05, 3.63) is 59.3 Å². The monoisotopic (exact) mass is 590 g/mol. The summed E-state index contributed by atoms with van der Waals surface area (Å²) in [6.07, 6.45) is 5.46. The highest BCUT2D eigenvalue weighted by atomic mass is 19.1. The lowest BCUT2D eigenvalue weighted by molar-refractivity contribution is -0.119. The number of fused-ring (bicyclic) bond motifs is 2. The SMILES string of the molecule is CNC(=O)c1c(F)cc(F)cc1Nc1nc(Nc2cc3c(cc2OC)CCCN3C(=O)CN2CCCC2)[nH]c2nccc1-2. The number of hydrogen-bond acceptors (Lipinski definition) is 8. The molecule has 0 aromatic heterocycles. The first kappa shape index (κ1) is 28.3. The number of rotatable bonds is 8. The summed E-state index contributed by atoms with van der Waals surface area (Å²) in [5.74, 6) is -1.07. The minimum Gasteiger partial charge on any atom is -0.495 e. The van der Waals surface area contributed by atoms with E-state index in [2.05, 4.69) is 35.8 Å². The number of nitrogens with one attached hydrogen (secondary N) is 4. The molecular formula is C30H32F2N8O3. The predicted octanol–water partition coefficient (Wildman–Crippen LogP) is 4.42. The van der Waals surface area contributed by atoms with E-state index < -0.39 is 17.5 Å². The van der Waals surface area contributed by atoms with Gasteiger partial charge in [0.2, 0.25) is 11.9 Å². The van der Waals surface area contributed by atoms with Gasteiger partial charge < -0.3 is 30.6 Å². The zero-order valence-corrected chi connectivity index (χ0v) is 23.9. The number of ether oxygens (including phenoxy) is 1. The van der Waals surface area contributed by atoms with Gasteiger partial charge >= 0.3 is 0 Å². The molecule has 2 amide bonds. The van der Waals surface area contributed by atoms with Crippen LogP contribution in [0, 0.1) is 11.6 Å². The minimum atomic E-state index is -1.01. The van der Waals surface area contributed by atoms with Gasteiger partial charge in [0.25, 0.3) is 5.91 Å². The Morgan fingerprint density at radius 1 is 1.05 bits per heavy atom. The molecule has 6 rings (SSSR count). The number of H-pyrrole nitrogens is 1. The molecule has 4 N–H and O–H groups in total. The second-order valence-corrected chi connectivity index (χ2v) is 10.6. The van der Waals surface area contributed by atoms with E-state index in [-0.39, 0.29) is 28.9 Å². The molecule has 1 fully saturated rings. The Morgan fingerprint density at radius 2 is 1.86 bits per heavy atom. The summed E-state index contributed by atoms with van der Waals surface area (Å²) < 4.78 is 34.6. The van der Waals surface area contributed by atoms with Crippen LogP contribution in [0.4, 0.5) is 37.6 Å². The maximum atomic E-state index is 14.7. The maximum Gasteiger partial charge on any atom is 0.256 e. The lowest BCUT2D eigenvalue weighted by Crippen LogP contribution is -2.42. The number of aromatic nitrogens is 3. The number of likely N-dealkylation sites (tertiary alicyclic amines) is 1. The Balaban J connectivity index is 1.35. The molecule has 0 atom stereocenters. The highest BCUT2D eigenvalue weighted by Gasteiger charge is 2.27. The number of aryl methyl sites for hydroxylation is 1. The Kier molecular flexibility index (Phi) is 7.80. The molecule has 2 aromatic carbocycles. The van der Waals surface area contributed by atoms with Crippen LogP contribution in [0.3, 0.4) is 0 Å². The zero-order valence-electron chi connectivity index (χ0n) is 23.9. The number of carbonyl (C=O) groups excluding carboxylic acids is 2. The first-order chi connectivity index (χ1) is 20.8. The fraction of sp³-hybridized carbons (Fsp3) is 0.333. The highest BCUT2D eigenvalue weighted by Crippen LogP contribution is 2.39. The Morgan fingerprint density at radius 3 is 2.63 bits per heavy atom. The number of carbonyl (C=O) groups is 2. The van der Waals surface area contributed by atoms with Crippen LogP contribution in [0.2, 0.25) is 0 Å². The van der Waals surface area contributed by atoms with Gasteiger partial charge in [-0.2, -0.15) is 4.98 Å². The third kappa shape index (κ3) is 5.67. The van der Waals surface area contributed by atoms with E-state index in [1.165, 1.54) is 7.05 Å². The van der Waals surface area contributed by atoms with Crippen LogP contribution in [-0.4, -0.2) is 72.0 Å². The van der Waals surface area contributed by atoms with Crippen LogP contribution in [0.25, 0.3) is 11.4 Å². The maximum absolute atomic E-state index is 14.7. The Labute approximate surface area is 247 Å². The Hall–Kier alpha value is -4.78. The standard InChI is InChI=1S/C30H32F2N8O3/c1-33-29(42)26-20(32)13-18(31)14-22(26)35-28-19-7-8-34-27(19)37-30(38-28)36-21-15-23-17(12-24(21)43-2)6-5-11-40(23)25(41)16-39-9-3-4-10-39/h7-8,12-15H,3-6,9-11,16H2,1-2H3,(H,33,42)(H3,34,35,36,37,38). The van der Waals surface area contributed by atoms with Gasteiger partial charge in [-0.25, -0.2) is 13.8 Å². The summed E-state index contributed by atoms with van der Waals surface area (Å²) in [7, 11) is 2.93. The molecule has 0 spiro atoms. The summed E-state index contributed by atoms with van der Waals surface area (Å²) >= 11 is 0. The molecule has 4 aliphatic rings. The van der Waals surface area contributed by atoms with Crippen molar-refractivity contribution in [3.8, 4) is 17.1 Å². The second kappa shape index (κ2) is 11.8. The van der Waals surface area contributed by atoms with Crippen LogP contribution in [0.5, 0.6) is 5.75 Å². The van der Waals surface area contributed by atoms with Crippen molar-refractivity contribution < 1.29 is 23.1 Å². The molecule has 0 unspecified atom stereocenters. The van der Waals surface area contributed by atoms with Crippen LogP contribution in [0.1, 0.15) is 35.2 Å². The summed E-state index contributed by atoms with van der Waals surface area (Å²) in [5.41, 5.74) is 2.49. The predicted molar refractivity (Wildman–Crippen MR) is 159 cm³/mol. The molecule has 2 aromatic rings. The minimum absolute atomic E-state index is 0.0618. The average molecular weight is 591 g/mol. The van der Waals surface area contributed by atoms with Crippen LogP contribution in [0.15, 0.2) is 36.5 Å². The van der Waals surface area contributed by atoms with Gasteiger partial charge in [-0.15, -0.1) is 0 Å². The number of halogens is 2. The van der Waals surface area contributed by atoms with Crippen molar-refractivity contribution in [2.45, 2.75) is 25.7 Å². The fourth-order valence-electron chi connectivity index (χ4n) is 5.73. The third-order valence-electron chi connectivity index (χ3n) is 7.81. The van der Waals surface area contributed by atoms with Gasteiger partial charge in [-0.05, 0) is 68.6 Å². The van der Waals surface area contributed by atoms with Crippen molar-refractivity contribution >= 4 is 40.6 Å². The largest absolute Gasteiger partial charge is 0.495 e. The first-order valence-electron chi connectivity index (χ1n) is 14.2. The number of anilines is 5. The summed E-state index contributed by atoms with van der Waals surface area (Å²) in [6, 6.07) is 7.17. The number of benzene rings is 2. The molecule has 4 aliphatic heterocycles. The number of methoxy groups -OCH3 is 1. The molecular weight excluding hydrogens is 558 g/mol. The molecule has 4 heterocycles. The van der Waals surface area contributed by atoms with Gasteiger partial charge in [0.05, 0.1) is 36.2 Å². The Bertz CT molecular complexity index is 1650. The van der Waals surface area contributed by atoms with E-state index in [1.54, 1.807) is 19.4 Å². The molecule has 43 heavy (non-hydrogen) atoms. The van der Waals surface area contributed by atoms with Crippen LogP contribution in [-0.2, 0) is 11.2 Å². The van der Waals surface area contributed by atoms with Crippen molar-refractivity contribution in [2.75, 3.05) is 55.9 Å². The summed E-state index contributed by atoms with van der Waals surface area (Å²) in [4.78, 5) is 41.9. The molecule has 1 saturated heterocycles. The number of nitrogens with zero attached hydrogens (tertiary/aromatic N) is 4. The molecule has 0 saturated carbocycles. The van der Waals surface area contributed by atoms with Crippen LogP contribution >= 0.6 is 0 Å². The normalized spacial score (nSPS) is 14.9. The lowest BCUT2D eigenvalue weighted by Gasteiger charge is -2.32. The number of hydrogen-bond donors (Lipinski definition) is 4.